The molecule has 0 atom stereocenters. The lowest BCUT2D eigenvalue weighted by Crippen LogP contribution is -2.15. The highest BCUT2D eigenvalue weighted by Crippen LogP contribution is 2.16. The molecule has 0 aliphatic rings. The molecule has 0 bridgehead atoms. The standard InChI is InChI=1S/C16H14N2O5/c1-17-14-8-3-2-7-13(14)16(20)23-10-15(19)11-5-4-6-12(9-11)18(21)22/h2-9,17H,10H2,1H3. The van der Waals surface area contributed by atoms with E-state index >= 15 is 0 Å². The molecule has 2 aromatic rings. The molecule has 0 saturated carbocycles. The normalized spacial score (nSPS) is 9.96. The monoisotopic (exact) mass is 314 g/mol. The number of carbonyl (C=O) groups is 2. The van der Waals surface area contributed by atoms with E-state index in [9.17, 15) is 19.7 Å². The van der Waals surface area contributed by atoms with E-state index in [4.69, 9.17) is 4.74 Å². The van der Waals surface area contributed by atoms with Crippen LogP contribution in [0.1, 0.15) is 20.7 Å². The van der Waals surface area contributed by atoms with Gasteiger partial charge in [0.25, 0.3) is 5.69 Å². The predicted octanol–water partition coefficient (Wildman–Crippen LogP) is 2.68. The van der Waals surface area contributed by atoms with Crippen molar-refractivity contribution < 1.29 is 19.2 Å². The molecule has 0 amide bonds. The number of hydrogen-bond donors (Lipinski definition) is 1. The number of ether oxygens (including phenoxy) is 1. The molecule has 0 fully saturated rings. The topological polar surface area (TPSA) is 98.5 Å². The van der Waals surface area contributed by atoms with Crippen LogP contribution in [0.2, 0.25) is 0 Å². The molecule has 7 nitrogen and oxygen atoms in total. The van der Waals surface area contributed by atoms with E-state index in [1.165, 1.54) is 18.2 Å². The Bertz CT molecular complexity index is 758. The van der Waals surface area contributed by atoms with E-state index < -0.39 is 23.3 Å². The summed E-state index contributed by atoms with van der Waals surface area (Å²) in [6.07, 6.45) is 0. The Hall–Kier alpha value is -3.22. The fraction of sp³-hybridized carbons (Fsp3) is 0.125. The molecule has 0 saturated heterocycles. The van der Waals surface area contributed by atoms with Gasteiger partial charge in [-0.2, -0.15) is 0 Å². The molecule has 0 aliphatic heterocycles. The summed E-state index contributed by atoms with van der Waals surface area (Å²) in [5.74, 6) is -1.15. The lowest BCUT2D eigenvalue weighted by Gasteiger charge is -2.08. The van der Waals surface area contributed by atoms with Crippen molar-refractivity contribution in [3.8, 4) is 0 Å². The van der Waals surface area contributed by atoms with Crippen LogP contribution in [0.25, 0.3) is 0 Å². The molecule has 2 aromatic carbocycles. The van der Waals surface area contributed by atoms with Gasteiger partial charge in [0.15, 0.2) is 6.61 Å². The molecule has 0 spiro atoms. The van der Waals surface area contributed by atoms with Gasteiger partial charge in [-0.05, 0) is 12.1 Å². The fourth-order valence-corrected chi connectivity index (χ4v) is 1.96. The van der Waals surface area contributed by atoms with Gasteiger partial charge in [-0.1, -0.05) is 24.3 Å². The number of anilines is 1. The number of nitro groups is 1. The Morgan fingerprint density at radius 2 is 1.91 bits per heavy atom. The van der Waals surface area contributed by atoms with Gasteiger partial charge in [0.2, 0.25) is 5.78 Å². The van der Waals surface area contributed by atoms with Gasteiger partial charge in [0.05, 0.1) is 10.5 Å². The van der Waals surface area contributed by atoms with E-state index in [2.05, 4.69) is 5.32 Å². The number of rotatable bonds is 6. The minimum atomic E-state index is -0.645. The second-order valence-corrected chi connectivity index (χ2v) is 4.60. The first-order chi connectivity index (χ1) is 11.0. The maximum Gasteiger partial charge on any atom is 0.340 e. The first kappa shape index (κ1) is 16.2. The van der Waals surface area contributed by atoms with Crippen LogP contribution in [0, 0.1) is 10.1 Å². The maximum absolute atomic E-state index is 12.0. The third-order valence-corrected chi connectivity index (χ3v) is 3.13. The molecule has 23 heavy (non-hydrogen) atoms. The van der Waals surface area contributed by atoms with Crippen LogP contribution in [0.3, 0.4) is 0 Å². The van der Waals surface area contributed by atoms with Gasteiger partial charge in [0, 0.05) is 30.4 Å². The Morgan fingerprint density at radius 1 is 1.17 bits per heavy atom. The van der Waals surface area contributed by atoms with Crippen LogP contribution in [0.4, 0.5) is 11.4 Å². The minimum absolute atomic E-state index is 0.119. The lowest BCUT2D eigenvalue weighted by molar-refractivity contribution is -0.384. The van der Waals surface area contributed by atoms with Crippen molar-refractivity contribution in [2.24, 2.45) is 0 Å². The van der Waals surface area contributed by atoms with Gasteiger partial charge in [-0.15, -0.1) is 0 Å². The highest BCUT2D eigenvalue weighted by Gasteiger charge is 2.16. The maximum atomic E-state index is 12.0. The molecule has 118 valence electrons. The highest BCUT2D eigenvalue weighted by molar-refractivity contribution is 6.01. The molecule has 0 unspecified atom stereocenters. The van der Waals surface area contributed by atoms with Crippen molar-refractivity contribution in [2.45, 2.75) is 0 Å². The molecule has 2 rings (SSSR count). The Balaban J connectivity index is 2.05. The lowest BCUT2D eigenvalue weighted by atomic mass is 10.1. The zero-order valence-corrected chi connectivity index (χ0v) is 12.3. The second kappa shape index (κ2) is 7.17. The van der Waals surface area contributed by atoms with Crippen molar-refractivity contribution in [3.05, 3.63) is 69.8 Å². The summed E-state index contributed by atoms with van der Waals surface area (Å²) in [5, 5.41) is 13.6. The SMILES string of the molecule is CNc1ccccc1C(=O)OCC(=O)c1cccc([N+](=O)[O-])c1. The number of Topliss-reactive ketones (excluding diaryl/α,β-unsaturated/α-hetero) is 1. The summed E-state index contributed by atoms with van der Waals surface area (Å²) in [7, 11) is 1.67. The van der Waals surface area contributed by atoms with Gasteiger partial charge in [-0.3, -0.25) is 14.9 Å². The van der Waals surface area contributed by atoms with Crippen LogP contribution >= 0.6 is 0 Å². The van der Waals surface area contributed by atoms with Gasteiger partial charge in [0.1, 0.15) is 0 Å². The molecule has 1 N–H and O–H groups in total. The van der Waals surface area contributed by atoms with Crippen LogP contribution in [0.5, 0.6) is 0 Å². The third-order valence-electron chi connectivity index (χ3n) is 3.13. The first-order valence-electron chi connectivity index (χ1n) is 6.74. The number of ketones is 1. The van der Waals surface area contributed by atoms with Crippen molar-refractivity contribution in [1.82, 2.24) is 0 Å². The molecular formula is C16H14N2O5. The average molecular weight is 314 g/mol. The fourth-order valence-electron chi connectivity index (χ4n) is 1.96. The van der Waals surface area contributed by atoms with Crippen molar-refractivity contribution in [1.29, 1.82) is 0 Å². The Morgan fingerprint density at radius 3 is 2.61 bits per heavy atom. The Labute approximate surface area is 132 Å². The van der Waals surface area contributed by atoms with E-state index in [0.29, 0.717) is 11.3 Å². The minimum Gasteiger partial charge on any atom is -0.454 e. The molecule has 0 radical (unpaired) electrons. The summed E-state index contributed by atoms with van der Waals surface area (Å²) in [4.78, 5) is 34.1. The molecule has 0 aliphatic carbocycles. The average Bonchev–Trinajstić information content (AvgIpc) is 2.59. The number of nitrogens with one attached hydrogen (secondary N) is 1. The van der Waals surface area contributed by atoms with Crippen molar-refractivity contribution >= 4 is 23.1 Å². The third kappa shape index (κ3) is 3.91. The Kier molecular flexibility index (Phi) is 5.03. The summed E-state index contributed by atoms with van der Waals surface area (Å²) >= 11 is 0. The van der Waals surface area contributed by atoms with Crippen molar-refractivity contribution in [3.63, 3.8) is 0 Å². The zero-order valence-electron chi connectivity index (χ0n) is 12.3. The summed E-state index contributed by atoms with van der Waals surface area (Å²) in [5.41, 5.74) is 0.818. The van der Waals surface area contributed by atoms with E-state index in [-0.39, 0.29) is 11.3 Å². The predicted molar refractivity (Wildman–Crippen MR) is 83.7 cm³/mol. The van der Waals surface area contributed by atoms with Gasteiger partial charge >= 0.3 is 5.97 Å². The van der Waals surface area contributed by atoms with Crippen LogP contribution in [-0.2, 0) is 4.74 Å². The highest BCUT2D eigenvalue weighted by atomic mass is 16.6. The van der Waals surface area contributed by atoms with E-state index in [0.717, 1.165) is 6.07 Å². The number of nitro benzene ring substituents is 1. The largest absolute Gasteiger partial charge is 0.454 e. The van der Waals surface area contributed by atoms with Crippen molar-refractivity contribution in [2.75, 3.05) is 19.0 Å². The summed E-state index contributed by atoms with van der Waals surface area (Å²) in [6, 6.07) is 12.0. The molecule has 0 aromatic heterocycles. The van der Waals surface area contributed by atoms with Crippen LogP contribution in [-0.4, -0.2) is 30.3 Å². The van der Waals surface area contributed by atoms with E-state index in [1.807, 2.05) is 0 Å². The van der Waals surface area contributed by atoms with Gasteiger partial charge in [-0.25, -0.2) is 4.79 Å². The number of nitrogens with zero attached hydrogens (tertiary/aromatic N) is 1. The van der Waals surface area contributed by atoms with E-state index in [1.54, 1.807) is 31.3 Å². The number of para-hydroxylation sites is 1. The molecule has 7 heteroatoms. The number of esters is 1. The van der Waals surface area contributed by atoms with Crippen LogP contribution in [0.15, 0.2) is 48.5 Å². The molecule has 0 heterocycles. The number of non-ortho nitro benzene ring substituents is 1. The second-order valence-electron chi connectivity index (χ2n) is 4.60. The van der Waals surface area contributed by atoms with Crippen LogP contribution < -0.4 is 5.32 Å². The zero-order chi connectivity index (χ0) is 16.8. The van der Waals surface area contributed by atoms with Gasteiger partial charge < -0.3 is 10.1 Å². The molecular weight excluding hydrogens is 300 g/mol. The first-order valence-corrected chi connectivity index (χ1v) is 6.74. The summed E-state index contributed by atoms with van der Waals surface area (Å²) < 4.78 is 4.99. The summed E-state index contributed by atoms with van der Waals surface area (Å²) in [6.45, 7) is -0.488. The smallest absolute Gasteiger partial charge is 0.340 e. The number of hydrogen-bond acceptors (Lipinski definition) is 6. The quantitative estimate of drug-likeness (QED) is 0.381. The number of benzene rings is 2. The number of carbonyl (C=O) groups excluding carboxylic acids is 2.